The lowest BCUT2D eigenvalue weighted by molar-refractivity contribution is -0.131. The number of thioether (sulfide) groups is 1. The van der Waals surface area contributed by atoms with E-state index in [1.54, 1.807) is 0 Å². The van der Waals surface area contributed by atoms with Gasteiger partial charge in [0.15, 0.2) is 0 Å². The molecule has 0 bridgehead atoms. The second-order valence-electron chi connectivity index (χ2n) is 5.09. The van der Waals surface area contributed by atoms with E-state index >= 15 is 0 Å². The summed E-state index contributed by atoms with van der Waals surface area (Å²) in [6.07, 6.45) is 3.64. The molecule has 3 aliphatic rings. The van der Waals surface area contributed by atoms with Crippen LogP contribution < -0.4 is 5.32 Å². The molecule has 3 rings (SSSR count). The normalized spacial score (nSPS) is 37.9. The highest BCUT2D eigenvalue weighted by Crippen LogP contribution is 2.42. The van der Waals surface area contributed by atoms with Crippen LogP contribution in [-0.4, -0.2) is 40.6 Å². The van der Waals surface area contributed by atoms with Gasteiger partial charge in [0.25, 0.3) is 0 Å². The highest BCUT2D eigenvalue weighted by Gasteiger charge is 2.58. The lowest BCUT2D eigenvalue weighted by Gasteiger charge is -2.23. The van der Waals surface area contributed by atoms with Crippen LogP contribution in [0.3, 0.4) is 0 Å². The van der Waals surface area contributed by atoms with Crippen LogP contribution in [0.15, 0.2) is 0 Å². The minimum absolute atomic E-state index is 0.120. The number of hydrogen-bond donors (Lipinski definition) is 1. The lowest BCUT2D eigenvalue weighted by atomic mass is 10.1. The Kier molecular flexibility index (Phi) is 2.25. The first-order valence-corrected chi connectivity index (χ1v) is 7.03. The number of rotatable bonds is 2. The fraction of sp³-hybridized carbons (Fsp3) is 0.909. The molecular formula is C11H18N2OS. The lowest BCUT2D eigenvalue weighted by Crippen LogP contribution is -2.38. The van der Waals surface area contributed by atoms with Crippen LogP contribution in [0.1, 0.15) is 26.2 Å². The Morgan fingerprint density at radius 2 is 2.40 bits per heavy atom. The van der Waals surface area contributed by atoms with Gasteiger partial charge in [0, 0.05) is 6.54 Å². The summed E-state index contributed by atoms with van der Waals surface area (Å²) in [5.74, 6) is 3.62. The van der Waals surface area contributed by atoms with Gasteiger partial charge in [-0.05, 0) is 43.6 Å². The van der Waals surface area contributed by atoms with E-state index < -0.39 is 0 Å². The third-order valence-corrected chi connectivity index (χ3v) is 5.08. The Bertz CT molecular complexity index is 284. The molecule has 0 aromatic carbocycles. The molecule has 1 amide bonds. The van der Waals surface area contributed by atoms with E-state index in [1.807, 2.05) is 11.8 Å². The van der Waals surface area contributed by atoms with Gasteiger partial charge in [-0.2, -0.15) is 11.8 Å². The van der Waals surface area contributed by atoms with Crippen LogP contribution in [0.4, 0.5) is 0 Å². The molecule has 3 nitrogen and oxygen atoms in total. The Hall–Kier alpha value is -0.220. The van der Waals surface area contributed by atoms with Crippen molar-refractivity contribution in [3.05, 3.63) is 0 Å². The van der Waals surface area contributed by atoms with Crippen molar-refractivity contribution in [2.75, 3.05) is 18.1 Å². The maximum atomic E-state index is 12.1. The highest BCUT2D eigenvalue weighted by molar-refractivity contribution is 7.99. The number of nitrogens with zero attached hydrogens (tertiary/aromatic N) is 1. The Balaban J connectivity index is 1.67. The van der Waals surface area contributed by atoms with Gasteiger partial charge in [0.05, 0.1) is 11.7 Å². The molecule has 2 saturated heterocycles. The molecule has 1 N–H and O–H groups in total. The SMILES string of the molecule is CC1NC2(CC2)C(=O)N1CC1CCSC1. The molecule has 15 heavy (non-hydrogen) atoms. The zero-order valence-corrected chi connectivity index (χ0v) is 9.98. The van der Waals surface area contributed by atoms with Crippen LogP contribution in [0.5, 0.6) is 0 Å². The summed E-state index contributed by atoms with van der Waals surface area (Å²) >= 11 is 2.03. The molecule has 1 saturated carbocycles. The predicted molar refractivity (Wildman–Crippen MR) is 61.7 cm³/mol. The van der Waals surface area contributed by atoms with Crippen LogP contribution >= 0.6 is 11.8 Å². The standard InChI is InChI=1S/C11H18N2OS/c1-8-12-11(3-4-11)10(14)13(8)6-9-2-5-15-7-9/h8-9,12H,2-7H2,1H3. The minimum atomic E-state index is -0.120. The summed E-state index contributed by atoms with van der Waals surface area (Å²) in [5, 5.41) is 3.45. The summed E-state index contributed by atoms with van der Waals surface area (Å²) in [4.78, 5) is 14.2. The maximum Gasteiger partial charge on any atom is 0.244 e. The Morgan fingerprint density at radius 1 is 1.60 bits per heavy atom. The fourth-order valence-electron chi connectivity index (χ4n) is 2.72. The van der Waals surface area contributed by atoms with Gasteiger partial charge in [-0.3, -0.25) is 10.1 Å². The van der Waals surface area contributed by atoms with Gasteiger partial charge in [-0.25, -0.2) is 0 Å². The summed E-state index contributed by atoms with van der Waals surface area (Å²) in [7, 11) is 0. The van der Waals surface area contributed by atoms with E-state index in [2.05, 4.69) is 17.1 Å². The van der Waals surface area contributed by atoms with E-state index in [0.29, 0.717) is 5.91 Å². The van der Waals surface area contributed by atoms with Crippen molar-refractivity contribution in [2.24, 2.45) is 5.92 Å². The van der Waals surface area contributed by atoms with E-state index in [1.165, 1.54) is 17.9 Å². The van der Waals surface area contributed by atoms with Crippen molar-refractivity contribution >= 4 is 17.7 Å². The molecule has 84 valence electrons. The van der Waals surface area contributed by atoms with Crippen molar-refractivity contribution < 1.29 is 4.79 Å². The Morgan fingerprint density at radius 3 is 2.93 bits per heavy atom. The predicted octanol–water partition coefficient (Wildman–Crippen LogP) is 1.05. The first kappa shape index (κ1) is 9.97. The first-order valence-electron chi connectivity index (χ1n) is 5.88. The average molecular weight is 226 g/mol. The van der Waals surface area contributed by atoms with Gasteiger partial charge in [0.2, 0.25) is 5.91 Å². The van der Waals surface area contributed by atoms with Gasteiger partial charge in [-0.15, -0.1) is 0 Å². The van der Waals surface area contributed by atoms with Crippen LogP contribution in [-0.2, 0) is 4.79 Å². The summed E-state index contributed by atoms with van der Waals surface area (Å²) in [5.41, 5.74) is -0.120. The molecule has 2 aliphatic heterocycles. The van der Waals surface area contributed by atoms with Gasteiger partial charge >= 0.3 is 0 Å². The van der Waals surface area contributed by atoms with Crippen molar-refractivity contribution in [3.8, 4) is 0 Å². The van der Waals surface area contributed by atoms with Crippen molar-refractivity contribution in [1.29, 1.82) is 0 Å². The van der Waals surface area contributed by atoms with Crippen LogP contribution in [0.25, 0.3) is 0 Å². The minimum Gasteiger partial charge on any atom is -0.326 e. The van der Waals surface area contributed by atoms with E-state index in [9.17, 15) is 4.79 Å². The van der Waals surface area contributed by atoms with Crippen LogP contribution in [0.2, 0.25) is 0 Å². The van der Waals surface area contributed by atoms with E-state index in [-0.39, 0.29) is 11.7 Å². The van der Waals surface area contributed by atoms with Gasteiger partial charge in [-0.1, -0.05) is 0 Å². The molecule has 3 fully saturated rings. The smallest absolute Gasteiger partial charge is 0.244 e. The largest absolute Gasteiger partial charge is 0.326 e. The molecule has 2 atom stereocenters. The molecule has 0 aromatic heterocycles. The second-order valence-corrected chi connectivity index (χ2v) is 6.24. The van der Waals surface area contributed by atoms with Gasteiger partial charge < -0.3 is 4.90 Å². The highest BCUT2D eigenvalue weighted by atomic mass is 32.2. The molecule has 4 heteroatoms. The van der Waals surface area contributed by atoms with Crippen molar-refractivity contribution in [1.82, 2.24) is 10.2 Å². The topological polar surface area (TPSA) is 32.3 Å². The number of carbonyl (C=O) groups excluding carboxylic acids is 1. The van der Waals surface area contributed by atoms with E-state index in [4.69, 9.17) is 0 Å². The zero-order valence-electron chi connectivity index (χ0n) is 9.16. The average Bonchev–Trinajstić information content (AvgIpc) is 2.73. The number of nitrogens with one attached hydrogen (secondary N) is 1. The summed E-state index contributed by atoms with van der Waals surface area (Å²) in [6, 6.07) is 0. The number of amides is 1. The van der Waals surface area contributed by atoms with E-state index in [0.717, 1.165) is 25.3 Å². The van der Waals surface area contributed by atoms with Crippen molar-refractivity contribution in [2.45, 2.75) is 37.9 Å². The zero-order chi connectivity index (χ0) is 10.5. The number of hydrogen-bond acceptors (Lipinski definition) is 3. The molecule has 1 aliphatic carbocycles. The first-order chi connectivity index (χ1) is 7.21. The fourth-order valence-corrected chi connectivity index (χ4v) is 3.99. The molecule has 0 aromatic rings. The number of carbonyl (C=O) groups is 1. The molecule has 1 spiro atoms. The Labute approximate surface area is 95.0 Å². The molecule has 2 heterocycles. The van der Waals surface area contributed by atoms with Gasteiger partial charge in [0.1, 0.15) is 0 Å². The summed E-state index contributed by atoms with van der Waals surface area (Å²) in [6.45, 7) is 3.09. The third kappa shape index (κ3) is 1.58. The maximum absolute atomic E-state index is 12.1. The third-order valence-electron chi connectivity index (χ3n) is 3.85. The van der Waals surface area contributed by atoms with Crippen molar-refractivity contribution in [3.63, 3.8) is 0 Å². The molecule has 0 radical (unpaired) electrons. The second kappa shape index (κ2) is 3.39. The monoisotopic (exact) mass is 226 g/mol. The molecule has 2 unspecified atom stereocenters. The van der Waals surface area contributed by atoms with Crippen LogP contribution in [0, 0.1) is 5.92 Å². The molecular weight excluding hydrogens is 208 g/mol. The quantitative estimate of drug-likeness (QED) is 0.764. The summed E-state index contributed by atoms with van der Waals surface area (Å²) < 4.78 is 0.